The van der Waals surface area contributed by atoms with E-state index >= 15 is 0 Å². The molecule has 0 unspecified atom stereocenters. The lowest BCUT2D eigenvalue weighted by atomic mass is 10.0. The number of ether oxygens (including phenoxy) is 1. The van der Waals surface area contributed by atoms with Gasteiger partial charge < -0.3 is 14.9 Å². The van der Waals surface area contributed by atoms with Crippen LogP contribution in [-0.4, -0.2) is 23.3 Å². The van der Waals surface area contributed by atoms with Gasteiger partial charge in [-0.1, -0.05) is 0 Å². The zero-order valence-corrected chi connectivity index (χ0v) is 9.08. The molecule has 1 aromatic rings. The van der Waals surface area contributed by atoms with Crippen LogP contribution in [0, 0.1) is 12.7 Å². The summed E-state index contributed by atoms with van der Waals surface area (Å²) in [6, 6.07) is 1.53. The van der Waals surface area contributed by atoms with E-state index in [1.807, 2.05) is 0 Å². The fraction of sp³-hybridized carbons (Fsp3) is 0.364. The second-order valence-electron chi connectivity index (χ2n) is 3.44. The first-order valence-electron chi connectivity index (χ1n) is 4.74. The van der Waals surface area contributed by atoms with Gasteiger partial charge in [-0.05, 0) is 30.5 Å². The number of aliphatic carboxylic acids is 1. The molecular weight excluding hydrogens is 215 g/mol. The maximum Gasteiger partial charge on any atom is 0.303 e. The number of rotatable bonds is 4. The zero-order valence-electron chi connectivity index (χ0n) is 9.08. The van der Waals surface area contributed by atoms with Crippen LogP contribution >= 0.6 is 0 Å². The number of hydrogen-bond acceptors (Lipinski definition) is 3. The molecule has 16 heavy (non-hydrogen) atoms. The molecular formula is C11H13FO4. The number of carboxylic acid groups (broad SMARTS) is 1. The fourth-order valence-corrected chi connectivity index (χ4v) is 1.46. The number of aryl methyl sites for hydroxylation is 2. The molecule has 0 atom stereocenters. The second kappa shape index (κ2) is 4.83. The van der Waals surface area contributed by atoms with E-state index in [1.165, 1.54) is 13.2 Å². The highest BCUT2D eigenvalue weighted by atomic mass is 19.1. The average Bonchev–Trinajstić information content (AvgIpc) is 2.23. The van der Waals surface area contributed by atoms with Gasteiger partial charge in [0.25, 0.3) is 0 Å². The lowest BCUT2D eigenvalue weighted by Gasteiger charge is -2.11. The molecule has 0 saturated carbocycles. The predicted octanol–water partition coefficient (Wildman–Crippen LogP) is 1.87. The molecule has 0 radical (unpaired) electrons. The van der Waals surface area contributed by atoms with E-state index in [0.717, 1.165) is 0 Å². The Morgan fingerprint density at radius 2 is 2.19 bits per heavy atom. The fourth-order valence-electron chi connectivity index (χ4n) is 1.46. The molecule has 1 aromatic carbocycles. The smallest absolute Gasteiger partial charge is 0.303 e. The highest BCUT2D eigenvalue weighted by Gasteiger charge is 2.16. The van der Waals surface area contributed by atoms with Crippen molar-refractivity contribution in [2.75, 3.05) is 7.11 Å². The SMILES string of the molecule is COc1c(CCC(=O)O)cc(C)c(O)c1F. The number of benzene rings is 1. The summed E-state index contributed by atoms with van der Waals surface area (Å²) in [5.74, 6) is -2.36. The van der Waals surface area contributed by atoms with Crippen molar-refractivity contribution in [1.82, 2.24) is 0 Å². The van der Waals surface area contributed by atoms with Crippen LogP contribution in [0.5, 0.6) is 11.5 Å². The highest BCUT2D eigenvalue weighted by Crippen LogP contribution is 2.33. The van der Waals surface area contributed by atoms with Gasteiger partial charge in [0.1, 0.15) is 0 Å². The Balaban J connectivity index is 3.12. The van der Waals surface area contributed by atoms with Crippen molar-refractivity contribution in [1.29, 1.82) is 0 Å². The molecule has 5 heteroatoms. The Bertz CT molecular complexity index is 415. The monoisotopic (exact) mass is 228 g/mol. The van der Waals surface area contributed by atoms with E-state index < -0.39 is 17.5 Å². The van der Waals surface area contributed by atoms with E-state index in [1.54, 1.807) is 6.92 Å². The third-order valence-electron chi connectivity index (χ3n) is 2.28. The molecule has 0 spiro atoms. The number of halogens is 1. The van der Waals surface area contributed by atoms with Crippen LogP contribution in [0.2, 0.25) is 0 Å². The number of hydrogen-bond donors (Lipinski definition) is 2. The minimum atomic E-state index is -0.965. The maximum atomic E-state index is 13.5. The van der Waals surface area contributed by atoms with Gasteiger partial charge in [-0.2, -0.15) is 4.39 Å². The summed E-state index contributed by atoms with van der Waals surface area (Å²) >= 11 is 0. The van der Waals surface area contributed by atoms with Gasteiger partial charge in [0.05, 0.1) is 7.11 Å². The Labute approximate surface area is 92.3 Å². The van der Waals surface area contributed by atoms with E-state index in [2.05, 4.69) is 0 Å². The summed E-state index contributed by atoms with van der Waals surface area (Å²) in [7, 11) is 1.28. The zero-order chi connectivity index (χ0) is 12.3. The number of methoxy groups -OCH3 is 1. The first-order valence-corrected chi connectivity index (χ1v) is 4.74. The summed E-state index contributed by atoms with van der Waals surface area (Å²) in [5, 5.41) is 17.9. The molecule has 0 aliphatic rings. The van der Waals surface area contributed by atoms with Crippen molar-refractivity contribution in [2.45, 2.75) is 19.8 Å². The van der Waals surface area contributed by atoms with E-state index in [-0.39, 0.29) is 18.6 Å². The molecule has 0 aliphatic carbocycles. The number of carbonyl (C=O) groups is 1. The molecule has 0 heterocycles. The van der Waals surface area contributed by atoms with Crippen LogP contribution in [0.15, 0.2) is 6.07 Å². The van der Waals surface area contributed by atoms with Gasteiger partial charge in [-0.3, -0.25) is 4.79 Å². The number of carboxylic acids is 1. The Kier molecular flexibility index (Phi) is 3.71. The van der Waals surface area contributed by atoms with Crippen molar-refractivity contribution in [3.05, 3.63) is 23.0 Å². The van der Waals surface area contributed by atoms with Crippen molar-refractivity contribution < 1.29 is 24.1 Å². The molecule has 0 aromatic heterocycles. The summed E-state index contributed by atoms with van der Waals surface area (Å²) in [6.45, 7) is 1.54. The first-order chi connectivity index (χ1) is 7.47. The maximum absolute atomic E-state index is 13.5. The quantitative estimate of drug-likeness (QED) is 0.825. The van der Waals surface area contributed by atoms with Crippen molar-refractivity contribution in [3.63, 3.8) is 0 Å². The number of aromatic hydroxyl groups is 1. The second-order valence-corrected chi connectivity index (χ2v) is 3.44. The topological polar surface area (TPSA) is 66.8 Å². The molecule has 0 bridgehead atoms. The molecule has 0 aliphatic heterocycles. The Morgan fingerprint density at radius 1 is 1.56 bits per heavy atom. The van der Waals surface area contributed by atoms with Crippen LogP contribution in [0.4, 0.5) is 4.39 Å². The van der Waals surface area contributed by atoms with Gasteiger partial charge in [-0.15, -0.1) is 0 Å². The van der Waals surface area contributed by atoms with Crippen LogP contribution in [0.3, 0.4) is 0 Å². The normalized spacial score (nSPS) is 10.2. The summed E-state index contributed by atoms with van der Waals surface area (Å²) in [6.07, 6.45) is 0.0521. The van der Waals surface area contributed by atoms with Crippen LogP contribution in [0.25, 0.3) is 0 Å². The summed E-state index contributed by atoms with van der Waals surface area (Å²) in [5.41, 5.74) is 0.802. The number of phenolic OH excluding ortho intramolecular Hbond substituents is 1. The molecule has 0 saturated heterocycles. The third kappa shape index (κ3) is 2.42. The summed E-state index contributed by atoms with van der Waals surface area (Å²) < 4.78 is 18.3. The van der Waals surface area contributed by atoms with E-state index in [4.69, 9.17) is 9.84 Å². The Morgan fingerprint density at radius 3 is 2.69 bits per heavy atom. The largest absolute Gasteiger partial charge is 0.505 e. The molecule has 88 valence electrons. The van der Waals surface area contributed by atoms with Crippen LogP contribution in [0.1, 0.15) is 17.5 Å². The van der Waals surface area contributed by atoms with Gasteiger partial charge in [0, 0.05) is 6.42 Å². The van der Waals surface area contributed by atoms with E-state index in [9.17, 15) is 14.3 Å². The molecule has 2 N–H and O–H groups in total. The van der Waals surface area contributed by atoms with Crippen LogP contribution in [-0.2, 0) is 11.2 Å². The molecule has 1 rings (SSSR count). The standard InChI is InChI=1S/C11H13FO4/c1-6-5-7(3-4-8(13)14)11(16-2)9(12)10(6)15/h5,15H,3-4H2,1-2H3,(H,13,14). The van der Waals surface area contributed by atoms with Crippen molar-refractivity contribution >= 4 is 5.97 Å². The van der Waals surface area contributed by atoms with Gasteiger partial charge in [0.2, 0.25) is 5.82 Å². The lowest BCUT2D eigenvalue weighted by molar-refractivity contribution is -0.136. The molecule has 4 nitrogen and oxygen atoms in total. The summed E-state index contributed by atoms with van der Waals surface area (Å²) in [4.78, 5) is 10.4. The van der Waals surface area contributed by atoms with Crippen LogP contribution < -0.4 is 4.74 Å². The average molecular weight is 228 g/mol. The van der Waals surface area contributed by atoms with Gasteiger partial charge >= 0.3 is 5.97 Å². The minimum Gasteiger partial charge on any atom is -0.505 e. The lowest BCUT2D eigenvalue weighted by Crippen LogP contribution is -2.02. The Hall–Kier alpha value is -1.78. The molecule has 0 fully saturated rings. The van der Waals surface area contributed by atoms with Gasteiger partial charge in [-0.25, -0.2) is 0 Å². The number of phenols is 1. The first kappa shape index (κ1) is 12.3. The van der Waals surface area contributed by atoms with E-state index in [0.29, 0.717) is 11.1 Å². The molecule has 0 amide bonds. The third-order valence-corrected chi connectivity index (χ3v) is 2.28. The minimum absolute atomic E-state index is 0.0932. The predicted molar refractivity (Wildman–Crippen MR) is 55.3 cm³/mol. The highest BCUT2D eigenvalue weighted by molar-refractivity contribution is 5.67. The van der Waals surface area contributed by atoms with Crippen molar-refractivity contribution in [3.8, 4) is 11.5 Å². The van der Waals surface area contributed by atoms with Crippen molar-refractivity contribution in [2.24, 2.45) is 0 Å². The van der Waals surface area contributed by atoms with Gasteiger partial charge in [0.15, 0.2) is 11.5 Å².